The third-order valence-corrected chi connectivity index (χ3v) is 8.51. The molecule has 1 aliphatic heterocycles. The topological polar surface area (TPSA) is 109 Å². The van der Waals surface area contributed by atoms with E-state index < -0.39 is 0 Å². The molecule has 190 valence electrons. The Hall–Kier alpha value is -3.08. The monoisotopic (exact) mass is 507 g/mol. The number of benzene rings is 1. The average molecular weight is 508 g/mol. The Balaban J connectivity index is 1.65. The predicted octanol–water partition coefficient (Wildman–Crippen LogP) is 3.30. The fourth-order valence-corrected chi connectivity index (χ4v) is 6.30. The molecule has 1 aliphatic rings. The summed E-state index contributed by atoms with van der Waals surface area (Å²) >= 11 is 1.48. The summed E-state index contributed by atoms with van der Waals surface area (Å²) < 4.78 is 3.01. The molecule has 10 heteroatoms. The van der Waals surface area contributed by atoms with E-state index in [1.165, 1.54) is 11.3 Å². The van der Waals surface area contributed by atoms with Crippen molar-refractivity contribution in [2.24, 2.45) is 11.1 Å². The van der Waals surface area contributed by atoms with Crippen LogP contribution in [-0.4, -0.2) is 65.5 Å². The summed E-state index contributed by atoms with van der Waals surface area (Å²) in [6, 6.07) is 7.98. The van der Waals surface area contributed by atoms with Crippen molar-refractivity contribution in [3.63, 3.8) is 0 Å². The van der Waals surface area contributed by atoms with Gasteiger partial charge >= 0.3 is 0 Å². The number of rotatable bonds is 8. The zero-order valence-corrected chi connectivity index (χ0v) is 21.9. The molecule has 36 heavy (non-hydrogen) atoms. The molecular formula is C26H33N7O2S. The van der Waals surface area contributed by atoms with Crippen LogP contribution in [0.2, 0.25) is 0 Å². The number of hydrogen-bond donors (Lipinski definition) is 2. The average Bonchev–Trinajstić information content (AvgIpc) is 3.48. The zero-order chi connectivity index (χ0) is 25.4. The fraction of sp³-hybridized carbons (Fsp3) is 0.462. The van der Waals surface area contributed by atoms with E-state index in [2.05, 4.69) is 22.1 Å². The number of carbonyl (C=O) groups is 1. The second-order valence-corrected chi connectivity index (χ2v) is 11.0. The van der Waals surface area contributed by atoms with Crippen LogP contribution in [0, 0.1) is 5.41 Å². The first-order valence-electron chi connectivity index (χ1n) is 12.5. The van der Waals surface area contributed by atoms with E-state index in [0.29, 0.717) is 41.3 Å². The highest BCUT2D eigenvalue weighted by molar-refractivity contribution is 7.24. The summed E-state index contributed by atoms with van der Waals surface area (Å²) in [5.74, 6) is 0.436. The Labute approximate surface area is 213 Å². The standard InChI is InChI=1S/C26H33N7O2S/c1-4-26(10-12-27)11-14-32(16-26)25-28-15-17-22(35)21(29-20(34)9-13-31(2)3)24-33(23(17)30-25)18-7-5-6-8-19(18)36-24/h5-8,15H,4,9-14,16,27H2,1-3H3,(H,29,34). The molecule has 1 fully saturated rings. The van der Waals surface area contributed by atoms with Crippen molar-refractivity contribution < 1.29 is 4.79 Å². The van der Waals surface area contributed by atoms with Gasteiger partial charge in [0.05, 0.1) is 15.6 Å². The Bertz CT molecular complexity index is 1490. The number of para-hydroxylation sites is 1. The molecule has 1 aromatic carbocycles. The highest BCUT2D eigenvalue weighted by atomic mass is 32.1. The number of anilines is 2. The van der Waals surface area contributed by atoms with E-state index in [1.807, 2.05) is 47.7 Å². The van der Waals surface area contributed by atoms with Gasteiger partial charge in [-0.2, -0.15) is 4.98 Å². The van der Waals surface area contributed by atoms with Crippen molar-refractivity contribution in [3.8, 4) is 0 Å². The van der Waals surface area contributed by atoms with Gasteiger partial charge in [0.1, 0.15) is 10.5 Å². The first-order valence-corrected chi connectivity index (χ1v) is 13.3. The van der Waals surface area contributed by atoms with Gasteiger partial charge in [0.2, 0.25) is 17.3 Å². The highest BCUT2D eigenvalue weighted by Crippen LogP contribution is 2.39. The number of pyridine rings is 1. The van der Waals surface area contributed by atoms with Crippen LogP contribution in [0.25, 0.3) is 26.1 Å². The van der Waals surface area contributed by atoms with Gasteiger partial charge in [-0.3, -0.25) is 14.0 Å². The summed E-state index contributed by atoms with van der Waals surface area (Å²) in [6.45, 7) is 5.20. The minimum absolute atomic E-state index is 0.176. The van der Waals surface area contributed by atoms with Crippen LogP contribution in [0.5, 0.6) is 0 Å². The minimum atomic E-state index is -0.256. The molecule has 3 N–H and O–H groups in total. The van der Waals surface area contributed by atoms with Gasteiger partial charge in [-0.25, -0.2) is 4.98 Å². The van der Waals surface area contributed by atoms with Crippen LogP contribution in [0.15, 0.2) is 35.3 Å². The maximum atomic E-state index is 13.6. The van der Waals surface area contributed by atoms with E-state index in [-0.39, 0.29) is 22.4 Å². The highest BCUT2D eigenvalue weighted by Gasteiger charge is 2.37. The fourth-order valence-electron chi connectivity index (χ4n) is 5.16. The third-order valence-electron chi connectivity index (χ3n) is 7.37. The Morgan fingerprint density at radius 3 is 2.86 bits per heavy atom. The summed E-state index contributed by atoms with van der Waals surface area (Å²) in [6.07, 6.45) is 5.00. The van der Waals surface area contributed by atoms with Gasteiger partial charge < -0.3 is 20.9 Å². The number of nitrogens with two attached hydrogens (primary N) is 1. The molecule has 1 saturated heterocycles. The number of amides is 1. The lowest BCUT2D eigenvalue weighted by atomic mass is 9.81. The molecule has 1 amide bonds. The first kappa shape index (κ1) is 24.6. The van der Waals surface area contributed by atoms with Crippen molar-refractivity contribution in [2.75, 3.05) is 50.5 Å². The van der Waals surface area contributed by atoms with Gasteiger partial charge in [0, 0.05) is 32.3 Å². The van der Waals surface area contributed by atoms with Gasteiger partial charge in [-0.1, -0.05) is 19.1 Å². The van der Waals surface area contributed by atoms with Crippen LogP contribution in [-0.2, 0) is 4.79 Å². The number of hydrogen-bond acceptors (Lipinski definition) is 8. The van der Waals surface area contributed by atoms with Crippen LogP contribution in [0.4, 0.5) is 11.6 Å². The second kappa shape index (κ2) is 9.76. The van der Waals surface area contributed by atoms with Crippen molar-refractivity contribution in [3.05, 3.63) is 40.7 Å². The van der Waals surface area contributed by atoms with Crippen molar-refractivity contribution in [2.45, 2.75) is 32.6 Å². The van der Waals surface area contributed by atoms with Crippen molar-refractivity contribution in [1.29, 1.82) is 0 Å². The smallest absolute Gasteiger partial charge is 0.227 e. The quantitative estimate of drug-likeness (QED) is 0.377. The van der Waals surface area contributed by atoms with Crippen LogP contribution in [0.1, 0.15) is 32.6 Å². The van der Waals surface area contributed by atoms with Crippen molar-refractivity contribution in [1.82, 2.24) is 19.3 Å². The van der Waals surface area contributed by atoms with Gasteiger partial charge in [0.15, 0.2) is 5.65 Å². The van der Waals surface area contributed by atoms with E-state index in [9.17, 15) is 9.59 Å². The van der Waals surface area contributed by atoms with Crippen LogP contribution < -0.4 is 21.4 Å². The molecule has 0 aliphatic carbocycles. The lowest BCUT2D eigenvalue weighted by Gasteiger charge is -2.27. The van der Waals surface area contributed by atoms with E-state index in [1.54, 1.807) is 6.20 Å². The largest absolute Gasteiger partial charge is 0.340 e. The summed E-state index contributed by atoms with van der Waals surface area (Å²) in [7, 11) is 3.83. The van der Waals surface area contributed by atoms with Crippen LogP contribution >= 0.6 is 11.3 Å². The molecule has 3 aromatic heterocycles. The Kier molecular flexibility index (Phi) is 6.67. The number of carbonyl (C=O) groups excluding carboxylic acids is 1. The number of nitrogens with zero attached hydrogens (tertiary/aromatic N) is 5. The molecule has 0 spiro atoms. The molecule has 1 unspecified atom stereocenters. The minimum Gasteiger partial charge on any atom is -0.340 e. The molecular weight excluding hydrogens is 474 g/mol. The summed E-state index contributed by atoms with van der Waals surface area (Å²) in [4.78, 5) is 40.7. The lowest BCUT2D eigenvalue weighted by Crippen LogP contribution is -2.30. The summed E-state index contributed by atoms with van der Waals surface area (Å²) in [5.41, 5.74) is 7.63. The molecule has 0 radical (unpaired) electrons. The second-order valence-electron chi connectivity index (χ2n) is 9.99. The number of aromatic nitrogens is 3. The molecule has 5 rings (SSSR count). The van der Waals surface area contributed by atoms with Gasteiger partial charge in [-0.05, 0) is 57.5 Å². The van der Waals surface area contributed by atoms with Crippen LogP contribution in [0.3, 0.4) is 0 Å². The van der Waals surface area contributed by atoms with Gasteiger partial charge in [-0.15, -0.1) is 11.3 Å². The number of fused-ring (bicyclic) bond motifs is 5. The molecule has 4 heterocycles. The first-order chi connectivity index (χ1) is 17.4. The normalized spacial score (nSPS) is 18.2. The van der Waals surface area contributed by atoms with E-state index >= 15 is 0 Å². The lowest BCUT2D eigenvalue weighted by molar-refractivity contribution is -0.116. The Morgan fingerprint density at radius 2 is 2.11 bits per heavy atom. The zero-order valence-electron chi connectivity index (χ0n) is 21.1. The predicted molar refractivity (Wildman–Crippen MR) is 147 cm³/mol. The molecule has 1 atom stereocenters. The molecule has 0 bridgehead atoms. The molecule has 0 saturated carbocycles. The SMILES string of the molecule is CCC1(CCN)CCN(c2ncc3c(=O)c(NC(=O)CCN(C)C)c4sc5ccccc5n4c3n2)C1. The van der Waals surface area contributed by atoms with Crippen molar-refractivity contribution >= 4 is 55.0 Å². The molecule has 9 nitrogen and oxygen atoms in total. The van der Waals surface area contributed by atoms with E-state index in [4.69, 9.17) is 10.7 Å². The molecule has 4 aromatic rings. The maximum Gasteiger partial charge on any atom is 0.227 e. The van der Waals surface area contributed by atoms with E-state index in [0.717, 1.165) is 42.6 Å². The Morgan fingerprint density at radius 1 is 1.31 bits per heavy atom. The number of nitrogens with one attached hydrogen (secondary N) is 1. The van der Waals surface area contributed by atoms with Gasteiger partial charge in [0.25, 0.3) is 0 Å². The maximum absolute atomic E-state index is 13.6. The number of thiazole rings is 1. The summed E-state index contributed by atoms with van der Waals surface area (Å²) in [5, 5.41) is 3.29. The third kappa shape index (κ3) is 4.33.